The molecule has 0 unspecified atom stereocenters. The van der Waals surface area contributed by atoms with Crippen molar-refractivity contribution in [3.8, 4) is 0 Å². The Morgan fingerprint density at radius 3 is 3.22 bits per heavy atom. The highest BCUT2D eigenvalue weighted by atomic mass is 14.8. The molecular formula is C6H9N3. The van der Waals surface area contributed by atoms with Crippen LogP contribution in [0.3, 0.4) is 0 Å². The number of nitrogens with two attached hydrogens (primary N) is 1. The Bertz CT molecular complexity index is 176. The first-order valence-electron chi connectivity index (χ1n) is 2.78. The molecule has 3 nitrogen and oxygen atoms in total. The van der Waals surface area contributed by atoms with Gasteiger partial charge in [0, 0.05) is 6.54 Å². The molecule has 0 amide bonds. The van der Waals surface area contributed by atoms with Crippen molar-refractivity contribution in [1.29, 1.82) is 0 Å². The average Bonchev–Trinajstić information content (AvgIpc) is 2.34. The molecule has 1 aromatic heterocycles. The van der Waals surface area contributed by atoms with E-state index in [2.05, 4.69) is 9.97 Å². The molecule has 1 aromatic rings. The van der Waals surface area contributed by atoms with Crippen LogP contribution in [0.5, 0.6) is 0 Å². The van der Waals surface area contributed by atoms with Gasteiger partial charge in [-0.05, 0) is 6.08 Å². The van der Waals surface area contributed by atoms with Crippen LogP contribution in [-0.4, -0.2) is 16.5 Å². The third kappa shape index (κ3) is 1.70. The Balaban J connectivity index is 2.57. The van der Waals surface area contributed by atoms with Crippen LogP contribution in [0.4, 0.5) is 0 Å². The number of nitrogens with zero attached hydrogens (tertiary/aromatic N) is 1. The van der Waals surface area contributed by atoms with Gasteiger partial charge >= 0.3 is 0 Å². The minimum absolute atomic E-state index is 0.568. The van der Waals surface area contributed by atoms with Crippen molar-refractivity contribution in [1.82, 2.24) is 9.97 Å². The van der Waals surface area contributed by atoms with Crippen LogP contribution in [0.25, 0.3) is 6.08 Å². The Morgan fingerprint density at radius 1 is 1.78 bits per heavy atom. The fourth-order valence-corrected chi connectivity index (χ4v) is 0.553. The van der Waals surface area contributed by atoms with E-state index in [9.17, 15) is 0 Å². The van der Waals surface area contributed by atoms with E-state index in [1.54, 1.807) is 12.5 Å². The molecule has 3 heteroatoms. The van der Waals surface area contributed by atoms with Gasteiger partial charge in [0.15, 0.2) is 0 Å². The first kappa shape index (κ1) is 6.04. The Kier molecular flexibility index (Phi) is 2.04. The number of nitrogens with one attached hydrogen (secondary N) is 1. The number of imidazole rings is 1. The summed E-state index contributed by atoms with van der Waals surface area (Å²) >= 11 is 0. The van der Waals surface area contributed by atoms with Gasteiger partial charge in [-0.25, -0.2) is 4.98 Å². The lowest BCUT2D eigenvalue weighted by atomic mass is 10.4. The van der Waals surface area contributed by atoms with E-state index in [1.165, 1.54) is 0 Å². The summed E-state index contributed by atoms with van der Waals surface area (Å²) in [5.74, 6) is 0. The molecule has 1 heterocycles. The molecule has 0 aliphatic rings. The van der Waals surface area contributed by atoms with E-state index < -0.39 is 0 Å². The molecule has 0 spiro atoms. The van der Waals surface area contributed by atoms with E-state index in [1.807, 2.05) is 12.2 Å². The molecule has 1 rings (SSSR count). The summed E-state index contributed by atoms with van der Waals surface area (Å²) in [6.45, 7) is 0.568. The normalized spacial score (nSPS) is 10.8. The highest BCUT2D eigenvalue weighted by molar-refractivity contribution is 5.42. The second-order valence-electron chi connectivity index (χ2n) is 1.65. The maximum absolute atomic E-state index is 5.22. The van der Waals surface area contributed by atoms with Crippen LogP contribution in [0.2, 0.25) is 0 Å². The van der Waals surface area contributed by atoms with Crippen LogP contribution < -0.4 is 5.73 Å². The topological polar surface area (TPSA) is 54.7 Å². The van der Waals surface area contributed by atoms with Crippen molar-refractivity contribution < 1.29 is 0 Å². The zero-order valence-electron chi connectivity index (χ0n) is 5.04. The second kappa shape index (κ2) is 3.04. The molecule has 0 bridgehead atoms. The van der Waals surface area contributed by atoms with Crippen molar-refractivity contribution in [3.63, 3.8) is 0 Å². The third-order valence-electron chi connectivity index (χ3n) is 0.953. The smallest absolute Gasteiger partial charge is 0.0924 e. The summed E-state index contributed by atoms with van der Waals surface area (Å²) in [6, 6.07) is 0. The summed E-state index contributed by atoms with van der Waals surface area (Å²) in [5.41, 5.74) is 6.21. The fourth-order valence-electron chi connectivity index (χ4n) is 0.553. The largest absolute Gasteiger partial charge is 0.345 e. The highest BCUT2D eigenvalue weighted by Crippen LogP contribution is 1.91. The lowest BCUT2D eigenvalue weighted by Gasteiger charge is -1.79. The van der Waals surface area contributed by atoms with Crippen molar-refractivity contribution in [2.24, 2.45) is 5.73 Å². The number of H-pyrrole nitrogens is 1. The van der Waals surface area contributed by atoms with Gasteiger partial charge in [0.05, 0.1) is 18.2 Å². The van der Waals surface area contributed by atoms with Crippen molar-refractivity contribution in [2.75, 3.05) is 6.54 Å². The highest BCUT2D eigenvalue weighted by Gasteiger charge is 1.81. The summed E-state index contributed by atoms with van der Waals surface area (Å²) in [7, 11) is 0. The molecule has 0 aromatic carbocycles. The van der Waals surface area contributed by atoms with E-state index >= 15 is 0 Å². The lowest BCUT2D eigenvalue weighted by molar-refractivity contribution is 1.26. The summed E-state index contributed by atoms with van der Waals surface area (Å²) in [5, 5.41) is 0. The quantitative estimate of drug-likeness (QED) is 0.597. The zero-order chi connectivity index (χ0) is 6.53. The van der Waals surface area contributed by atoms with Gasteiger partial charge < -0.3 is 10.7 Å². The SMILES string of the molecule is NC/C=C\c1cnc[nH]1. The predicted octanol–water partition coefficient (Wildman–Crippen LogP) is 0.382. The molecule has 9 heavy (non-hydrogen) atoms. The number of aromatic nitrogens is 2. The molecular weight excluding hydrogens is 114 g/mol. The summed E-state index contributed by atoms with van der Waals surface area (Å²) < 4.78 is 0. The van der Waals surface area contributed by atoms with Crippen LogP contribution in [0.15, 0.2) is 18.6 Å². The van der Waals surface area contributed by atoms with Crippen molar-refractivity contribution in [3.05, 3.63) is 24.3 Å². The average molecular weight is 123 g/mol. The van der Waals surface area contributed by atoms with Gasteiger partial charge in [0.1, 0.15) is 0 Å². The Labute approximate surface area is 53.6 Å². The number of hydrogen-bond acceptors (Lipinski definition) is 2. The Morgan fingerprint density at radius 2 is 2.67 bits per heavy atom. The summed E-state index contributed by atoms with van der Waals surface area (Å²) in [4.78, 5) is 6.75. The van der Waals surface area contributed by atoms with Gasteiger partial charge in [-0.3, -0.25) is 0 Å². The minimum Gasteiger partial charge on any atom is -0.345 e. The predicted molar refractivity (Wildman–Crippen MR) is 36.7 cm³/mol. The van der Waals surface area contributed by atoms with Gasteiger partial charge in [-0.15, -0.1) is 0 Å². The summed E-state index contributed by atoms with van der Waals surface area (Å²) in [6.07, 6.45) is 7.14. The number of hydrogen-bond donors (Lipinski definition) is 2. The van der Waals surface area contributed by atoms with Gasteiger partial charge in [-0.2, -0.15) is 0 Å². The third-order valence-corrected chi connectivity index (χ3v) is 0.953. The van der Waals surface area contributed by atoms with E-state index in [0.717, 1.165) is 5.69 Å². The molecule has 48 valence electrons. The first-order valence-corrected chi connectivity index (χ1v) is 2.78. The van der Waals surface area contributed by atoms with Crippen LogP contribution in [0, 0.1) is 0 Å². The van der Waals surface area contributed by atoms with Crippen molar-refractivity contribution in [2.45, 2.75) is 0 Å². The molecule has 0 fully saturated rings. The van der Waals surface area contributed by atoms with Gasteiger partial charge in [-0.1, -0.05) is 6.08 Å². The molecule has 0 aliphatic heterocycles. The van der Waals surface area contributed by atoms with Crippen LogP contribution >= 0.6 is 0 Å². The lowest BCUT2D eigenvalue weighted by Crippen LogP contribution is -1.91. The van der Waals surface area contributed by atoms with E-state index in [0.29, 0.717) is 6.54 Å². The molecule has 0 radical (unpaired) electrons. The molecule has 0 saturated heterocycles. The minimum atomic E-state index is 0.568. The zero-order valence-corrected chi connectivity index (χ0v) is 5.04. The molecule has 3 N–H and O–H groups in total. The van der Waals surface area contributed by atoms with E-state index in [-0.39, 0.29) is 0 Å². The van der Waals surface area contributed by atoms with Crippen LogP contribution in [0.1, 0.15) is 5.69 Å². The standard InChI is InChI=1S/C6H9N3/c7-3-1-2-6-4-8-5-9-6/h1-2,4-5H,3,7H2,(H,8,9)/b2-1-. The maximum Gasteiger partial charge on any atom is 0.0924 e. The maximum atomic E-state index is 5.22. The number of aromatic amines is 1. The van der Waals surface area contributed by atoms with Crippen LogP contribution in [-0.2, 0) is 0 Å². The van der Waals surface area contributed by atoms with Gasteiger partial charge in [0.25, 0.3) is 0 Å². The number of rotatable bonds is 2. The molecule has 0 atom stereocenters. The first-order chi connectivity index (χ1) is 4.43. The Hall–Kier alpha value is -1.09. The van der Waals surface area contributed by atoms with Gasteiger partial charge in [0.2, 0.25) is 0 Å². The van der Waals surface area contributed by atoms with Crippen molar-refractivity contribution >= 4 is 6.08 Å². The van der Waals surface area contributed by atoms with E-state index in [4.69, 9.17) is 5.73 Å². The molecule has 0 aliphatic carbocycles. The monoisotopic (exact) mass is 123 g/mol. The molecule has 0 saturated carbocycles. The fraction of sp³-hybridized carbons (Fsp3) is 0.167. The second-order valence-corrected chi connectivity index (χ2v) is 1.65.